The number of carboxylic acid groups (broad SMARTS) is 3. The van der Waals surface area contributed by atoms with Gasteiger partial charge in [0, 0.05) is 6.54 Å². The molecule has 0 aliphatic carbocycles. The summed E-state index contributed by atoms with van der Waals surface area (Å²) in [5.41, 5.74) is 11.5. The summed E-state index contributed by atoms with van der Waals surface area (Å²) >= 11 is 0. The minimum absolute atomic E-state index is 0. The second-order valence-corrected chi connectivity index (χ2v) is 9.93. The number of carbonyl (C=O) groups excluding carboxylic acids is 2. The first-order valence-electron chi connectivity index (χ1n) is 13.4. The van der Waals surface area contributed by atoms with Gasteiger partial charge in [-0.2, -0.15) is 0 Å². The standard InChI is InChI=1S/C30H28N4O11.ClH/c31-30(32)33-18-6-7-20-16(11-18)3-2-8-44-25-21(4-1-5-23(25)45-29(20)43)26(38)34(22(28(41)42)13-24(36)37)14-15-9-17(27(39)40)12-19(35)10-15;/h1,4-7,9-12,22,35H,2-3,8,13-14H2,(H,36,37)(H,39,40)(H,41,42)(H4,31,32,33);1H. The molecule has 1 heterocycles. The van der Waals surface area contributed by atoms with Gasteiger partial charge < -0.3 is 46.3 Å². The number of aliphatic imine (C=N–C) groups is 1. The number of aliphatic carboxylic acids is 2. The Kier molecular flexibility index (Phi) is 11.1. The zero-order valence-corrected chi connectivity index (χ0v) is 24.7. The Morgan fingerprint density at radius 3 is 2.39 bits per heavy atom. The van der Waals surface area contributed by atoms with Crippen LogP contribution >= 0.6 is 12.4 Å². The van der Waals surface area contributed by atoms with Crippen LogP contribution in [0.2, 0.25) is 0 Å². The summed E-state index contributed by atoms with van der Waals surface area (Å²) < 4.78 is 11.5. The summed E-state index contributed by atoms with van der Waals surface area (Å²) in [7, 11) is 0. The summed E-state index contributed by atoms with van der Waals surface area (Å²) in [4.78, 5) is 67.4. The van der Waals surface area contributed by atoms with Crippen molar-refractivity contribution in [3.05, 3.63) is 82.4 Å². The predicted octanol–water partition coefficient (Wildman–Crippen LogP) is 2.53. The number of hydrogen-bond donors (Lipinski definition) is 6. The number of phenolic OH excluding ortho intramolecular Hbond substituents is 1. The van der Waals surface area contributed by atoms with E-state index in [9.17, 15) is 44.4 Å². The molecule has 1 aliphatic heterocycles. The maximum Gasteiger partial charge on any atom is 0.343 e. The second kappa shape index (κ2) is 14.8. The number of rotatable bonds is 9. The first-order valence-corrected chi connectivity index (χ1v) is 13.4. The molecule has 0 spiro atoms. The van der Waals surface area contributed by atoms with E-state index >= 15 is 0 Å². The normalized spacial score (nSPS) is 12.8. The third-order valence-electron chi connectivity index (χ3n) is 6.68. The van der Waals surface area contributed by atoms with Crippen molar-refractivity contribution in [1.82, 2.24) is 4.90 Å². The van der Waals surface area contributed by atoms with Gasteiger partial charge in [-0.3, -0.25) is 9.59 Å². The van der Waals surface area contributed by atoms with Gasteiger partial charge in [-0.1, -0.05) is 6.07 Å². The lowest BCUT2D eigenvalue weighted by atomic mass is 10.0. The fraction of sp³-hybridized carbons (Fsp3) is 0.200. The number of aryl methyl sites for hydroxylation is 1. The summed E-state index contributed by atoms with van der Waals surface area (Å²) in [5, 5.41) is 38.8. The van der Waals surface area contributed by atoms with E-state index in [-0.39, 0.29) is 58.7 Å². The number of aromatic carboxylic acids is 1. The highest BCUT2D eigenvalue weighted by atomic mass is 35.5. The van der Waals surface area contributed by atoms with Gasteiger partial charge in [0.2, 0.25) is 0 Å². The minimum atomic E-state index is -1.92. The van der Waals surface area contributed by atoms with Crippen LogP contribution < -0.4 is 20.9 Å². The van der Waals surface area contributed by atoms with E-state index in [0.717, 1.165) is 18.2 Å². The van der Waals surface area contributed by atoms with Crippen molar-refractivity contribution in [1.29, 1.82) is 0 Å². The van der Waals surface area contributed by atoms with Crippen LogP contribution in [0.1, 0.15) is 55.0 Å². The van der Waals surface area contributed by atoms with Crippen LogP contribution in [0.3, 0.4) is 0 Å². The molecule has 46 heavy (non-hydrogen) atoms. The first kappa shape index (κ1) is 34.7. The van der Waals surface area contributed by atoms with Crippen LogP contribution in [0.25, 0.3) is 0 Å². The van der Waals surface area contributed by atoms with Crippen LogP contribution in [0.15, 0.2) is 59.6 Å². The number of carbonyl (C=O) groups is 5. The highest BCUT2D eigenvalue weighted by Gasteiger charge is 2.35. The van der Waals surface area contributed by atoms with E-state index in [1.165, 1.54) is 30.3 Å². The molecule has 1 aliphatic rings. The van der Waals surface area contributed by atoms with Crippen molar-refractivity contribution in [3.63, 3.8) is 0 Å². The Morgan fingerprint density at radius 1 is 1.00 bits per heavy atom. The smallest absolute Gasteiger partial charge is 0.343 e. The van der Waals surface area contributed by atoms with Crippen molar-refractivity contribution in [2.75, 3.05) is 6.61 Å². The Hall–Kier alpha value is -5.83. The Bertz CT molecular complexity index is 1720. The zero-order chi connectivity index (χ0) is 32.8. The summed E-state index contributed by atoms with van der Waals surface area (Å²) in [6.45, 7) is -0.584. The Balaban J connectivity index is 0.00000576. The maximum absolute atomic E-state index is 14.0. The van der Waals surface area contributed by atoms with Crippen LogP contribution in [0.5, 0.6) is 17.2 Å². The molecular formula is C30H29ClN4O11. The van der Waals surface area contributed by atoms with Gasteiger partial charge in [0.15, 0.2) is 17.5 Å². The molecule has 3 aromatic carbocycles. The molecule has 1 amide bonds. The van der Waals surface area contributed by atoms with Crippen LogP contribution in [0.4, 0.5) is 5.69 Å². The van der Waals surface area contributed by atoms with E-state index in [2.05, 4.69) is 4.99 Å². The van der Waals surface area contributed by atoms with Gasteiger partial charge in [0.05, 0.1) is 35.4 Å². The number of amides is 1. The molecule has 1 unspecified atom stereocenters. The lowest BCUT2D eigenvalue weighted by Gasteiger charge is -2.29. The monoisotopic (exact) mass is 656 g/mol. The third kappa shape index (κ3) is 8.21. The molecule has 0 aromatic heterocycles. The summed E-state index contributed by atoms with van der Waals surface area (Å²) in [6, 6.07) is 9.91. The maximum atomic E-state index is 14.0. The minimum Gasteiger partial charge on any atom is -0.508 e. The molecule has 15 nitrogen and oxygen atoms in total. The molecule has 4 rings (SSSR count). The van der Waals surface area contributed by atoms with Gasteiger partial charge >= 0.3 is 23.9 Å². The van der Waals surface area contributed by atoms with Crippen molar-refractivity contribution in [2.24, 2.45) is 16.5 Å². The molecule has 0 saturated carbocycles. The molecular weight excluding hydrogens is 628 g/mol. The van der Waals surface area contributed by atoms with E-state index in [4.69, 9.17) is 20.9 Å². The van der Waals surface area contributed by atoms with Crippen molar-refractivity contribution in [3.8, 4) is 17.2 Å². The highest BCUT2D eigenvalue weighted by Crippen LogP contribution is 2.35. The predicted molar refractivity (Wildman–Crippen MR) is 163 cm³/mol. The van der Waals surface area contributed by atoms with Crippen molar-refractivity contribution in [2.45, 2.75) is 31.8 Å². The largest absolute Gasteiger partial charge is 0.508 e. The lowest BCUT2D eigenvalue weighted by molar-refractivity contribution is -0.149. The van der Waals surface area contributed by atoms with Gasteiger partial charge in [0.1, 0.15) is 11.8 Å². The average molecular weight is 657 g/mol. The number of hydrogen-bond acceptors (Lipinski definition) is 9. The molecule has 8 N–H and O–H groups in total. The van der Waals surface area contributed by atoms with E-state index in [0.29, 0.717) is 29.0 Å². The lowest BCUT2D eigenvalue weighted by Crippen LogP contribution is -2.46. The van der Waals surface area contributed by atoms with Crippen LogP contribution in [-0.4, -0.2) is 73.7 Å². The number of halogens is 1. The quantitative estimate of drug-likeness (QED) is 0.0839. The molecule has 0 bridgehead atoms. The number of carboxylic acids is 3. The van der Waals surface area contributed by atoms with Gasteiger partial charge in [-0.25, -0.2) is 19.4 Å². The molecule has 0 radical (unpaired) electrons. The number of aromatic hydroxyl groups is 1. The Labute approximate surface area is 267 Å². The first-order chi connectivity index (χ1) is 21.3. The van der Waals surface area contributed by atoms with Crippen LogP contribution in [0, 0.1) is 0 Å². The van der Waals surface area contributed by atoms with E-state index in [1.54, 1.807) is 6.07 Å². The molecule has 0 fully saturated rings. The fourth-order valence-corrected chi connectivity index (χ4v) is 4.77. The average Bonchev–Trinajstić information content (AvgIpc) is 2.96. The third-order valence-corrected chi connectivity index (χ3v) is 6.68. The molecule has 242 valence electrons. The van der Waals surface area contributed by atoms with E-state index < -0.39 is 54.5 Å². The number of esters is 1. The van der Waals surface area contributed by atoms with Crippen LogP contribution in [-0.2, 0) is 22.6 Å². The van der Waals surface area contributed by atoms with Gasteiger partial charge in [-0.05, 0) is 72.5 Å². The highest BCUT2D eigenvalue weighted by molar-refractivity contribution is 6.01. The van der Waals surface area contributed by atoms with Gasteiger partial charge in [-0.15, -0.1) is 12.4 Å². The number of guanidine groups is 1. The number of ether oxygens (including phenoxy) is 2. The van der Waals surface area contributed by atoms with Crippen molar-refractivity contribution >= 4 is 53.8 Å². The number of para-hydroxylation sites is 1. The molecule has 1 atom stereocenters. The molecule has 0 saturated heterocycles. The topological polar surface area (TPSA) is 252 Å². The summed E-state index contributed by atoms with van der Waals surface area (Å²) in [5.74, 6) is -7.37. The summed E-state index contributed by atoms with van der Waals surface area (Å²) in [6.07, 6.45) is -0.316. The SMILES string of the molecule is Cl.NC(N)=Nc1ccc2c(c1)CCCOc1c(cccc1C(=O)N(Cc1cc(O)cc(C(=O)O)c1)C(CC(=O)O)C(=O)O)OC2=O. The Morgan fingerprint density at radius 2 is 1.74 bits per heavy atom. The fourth-order valence-electron chi connectivity index (χ4n) is 4.77. The molecule has 16 heteroatoms. The number of fused-ring (bicyclic) bond motifs is 2. The number of phenols is 1. The van der Waals surface area contributed by atoms with E-state index in [1.807, 2.05) is 0 Å². The molecule has 3 aromatic rings. The van der Waals surface area contributed by atoms with Crippen molar-refractivity contribution < 1.29 is 53.9 Å². The zero-order valence-electron chi connectivity index (χ0n) is 23.9. The van der Waals surface area contributed by atoms with Gasteiger partial charge in [0.25, 0.3) is 5.91 Å². The second-order valence-electron chi connectivity index (χ2n) is 9.93. The number of nitrogens with two attached hydrogens (primary N) is 2. The number of benzene rings is 3. The number of nitrogens with zero attached hydrogens (tertiary/aromatic N) is 2.